The molecule has 10 heteroatoms. The number of benzene rings is 2. The summed E-state index contributed by atoms with van der Waals surface area (Å²) in [5, 5.41) is -5.71. The van der Waals surface area contributed by atoms with Gasteiger partial charge in [0, 0.05) is 17.0 Å². The fourth-order valence-corrected chi connectivity index (χ4v) is 6.02. The van der Waals surface area contributed by atoms with Crippen LogP contribution in [-0.2, 0) is 25.4 Å². The molecule has 0 aromatic heterocycles. The van der Waals surface area contributed by atoms with Crippen molar-refractivity contribution in [1.82, 2.24) is 0 Å². The minimum Gasteiger partial charge on any atom is -0.743 e. The molecule has 2 saturated carbocycles. The second-order valence-electron chi connectivity index (χ2n) is 8.61. The molecule has 1 aliphatic heterocycles. The normalized spacial score (nSPS) is 31.6. The van der Waals surface area contributed by atoms with Gasteiger partial charge in [-0.1, -0.05) is 60.7 Å². The summed E-state index contributed by atoms with van der Waals surface area (Å²) in [5.74, 6) is -10.1. The highest BCUT2D eigenvalue weighted by Gasteiger charge is 2.73. The van der Waals surface area contributed by atoms with Gasteiger partial charge in [-0.3, -0.25) is 0 Å². The summed E-state index contributed by atoms with van der Waals surface area (Å²) in [6.07, 6.45) is -1.82. The summed E-state index contributed by atoms with van der Waals surface area (Å²) in [4.78, 5) is 0. The molecular weight excluding hydrogens is 452 g/mol. The van der Waals surface area contributed by atoms with Crippen LogP contribution in [0, 0.1) is 17.8 Å². The van der Waals surface area contributed by atoms with E-state index in [0.29, 0.717) is 11.1 Å². The fraction of sp³-hybridized carbons (Fsp3) is 0.455. The molecule has 5 atom stereocenters. The Balaban J connectivity index is 1.52. The van der Waals surface area contributed by atoms with E-state index in [-0.39, 0.29) is 12.8 Å². The predicted molar refractivity (Wildman–Crippen MR) is 103 cm³/mol. The van der Waals surface area contributed by atoms with Crippen molar-refractivity contribution in [3.05, 3.63) is 71.8 Å². The molecule has 5 nitrogen and oxygen atoms in total. The molecule has 2 aromatic rings. The minimum absolute atomic E-state index is 0.129. The van der Waals surface area contributed by atoms with Crippen LogP contribution in [-0.4, -0.2) is 36.4 Å². The average molecular weight is 471 g/mol. The zero-order valence-corrected chi connectivity index (χ0v) is 17.4. The van der Waals surface area contributed by atoms with Gasteiger partial charge in [-0.15, -0.1) is 0 Å². The van der Waals surface area contributed by atoms with Crippen LogP contribution in [0.15, 0.2) is 60.7 Å². The quantitative estimate of drug-likeness (QED) is 0.485. The molecule has 0 amide bonds. The van der Waals surface area contributed by atoms with Crippen LogP contribution >= 0.6 is 0 Å². The summed E-state index contributed by atoms with van der Waals surface area (Å²) >= 11 is 0. The topological polar surface area (TPSA) is 75.7 Å². The fourth-order valence-electron chi connectivity index (χ4n) is 5.54. The zero-order valence-electron chi connectivity index (χ0n) is 16.5. The summed E-state index contributed by atoms with van der Waals surface area (Å²) in [5.41, 5.74) is 1.24. The van der Waals surface area contributed by atoms with E-state index in [1.54, 1.807) is 60.7 Å². The standard InChI is InChI=1S/C22H20F4O5S/c23-21(24,22(25,26)32(27,28)29)17-12-13-11-16(17)19-18(13)30-20(31-19,14-7-3-1-4-8-14)15-9-5-2-6-10-15/h1-10,13,16-19H,11-12H2,(H,27,28,29)/p-1. The van der Waals surface area contributed by atoms with Crippen LogP contribution in [0.3, 0.4) is 0 Å². The van der Waals surface area contributed by atoms with Crippen molar-refractivity contribution in [2.24, 2.45) is 17.8 Å². The Hall–Kier alpha value is -2.01. The second-order valence-corrected chi connectivity index (χ2v) is 10.0. The maximum atomic E-state index is 14.7. The molecule has 1 saturated heterocycles. The van der Waals surface area contributed by atoms with Crippen LogP contribution in [0.1, 0.15) is 24.0 Å². The van der Waals surface area contributed by atoms with Gasteiger partial charge in [0.1, 0.15) is 0 Å². The first-order valence-electron chi connectivity index (χ1n) is 10.2. The van der Waals surface area contributed by atoms with Crippen LogP contribution < -0.4 is 0 Å². The van der Waals surface area contributed by atoms with Crippen molar-refractivity contribution < 1.29 is 40.0 Å². The molecule has 0 N–H and O–H groups in total. The number of ether oxygens (including phenoxy) is 2. The SMILES string of the molecule is O=S(=O)([O-])C(F)(F)C(F)(F)C1CC2CC1C1OC(c3ccccc3)(c3ccccc3)OC21. The van der Waals surface area contributed by atoms with Crippen molar-refractivity contribution in [3.63, 3.8) is 0 Å². The third-order valence-electron chi connectivity index (χ3n) is 6.94. The second kappa shape index (κ2) is 6.99. The average Bonchev–Trinajstić information content (AvgIpc) is 3.45. The molecule has 5 unspecified atom stereocenters. The molecule has 3 fully saturated rings. The van der Waals surface area contributed by atoms with E-state index in [0.717, 1.165) is 0 Å². The van der Waals surface area contributed by atoms with Gasteiger partial charge in [0.2, 0.25) is 5.79 Å². The van der Waals surface area contributed by atoms with Crippen LogP contribution in [0.2, 0.25) is 0 Å². The Labute approximate surface area is 182 Å². The number of hydrogen-bond acceptors (Lipinski definition) is 5. The largest absolute Gasteiger partial charge is 0.743 e. The molecule has 5 rings (SSSR count). The summed E-state index contributed by atoms with van der Waals surface area (Å²) in [6.45, 7) is 0. The maximum Gasteiger partial charge on any atom is 0.396 e. The van der Waals surface area contributed by atoms with Crippen molar-refractivity contribution >= 4 is 10.1 Å². The molecule has 2 bridgehead atoms. The molecule has 2 aliphatic carbocycles. The molecule has 0 radical (unpaired) electrons. The van der Waals surface area contributed by atoms with E-state index in [1.165, 1.54) is 0 Å². The highest BCUT2D eigenvalue weighted by atomic mass is 32.2. The number of alkyl halides is 4. The van der Waals surface area contributed by atoms with Gasteiger partial charge >= 0.3 is 11.2 Å². The Morgan fingerprint density at radius 2 is 1.34 bits per heavy atom. The first kappa shape index (κ1) is 21.8. The minimum atomic E-state index is -6.55. The Kier molecular flexibility index (Phi) is 4.77. The zero-order chi connectivity index (χ0) is 22.9. The predicted octanol–water partition coefficient (Wildman–Crippen LogP) is 4.10. The monoisotopic (exact) mass is 471 g/mol. The van der Waals surface area contributed by atoms with E-state index in [4.69, 9.17) is 9.47 Å². The lowest BCUT2D eigenvalue weighted by atomic mass is 9.81. The van der Waals surface area contributed by atoms with Gasteiger partial charge in [0.25, 0.3) is 0 Å². The van der Waals surface area contributed by atoms with Gasteiger partial charge in [-0.25, -0.2) is 8.42 Å². The third-order valence-corrected chi connectivity index (χ3v) is 7.84. The highest BCUT2D eigenvalue weighted by Crippen LogP contribution is 2.63. The molecule has 2 aromatic carbocycles. The van der Waals surface area contributed by atoms with Gasteiger partial charge in [0.05, 0.1) is 12.2 Å². The van der Waals surface area contributed by atoms with E-state index in [1.807, 2.05) is 0 Å². The Morgan fingerprint density at radius 3 is 1.84 bits per heavy atom. The summed E-state index contributed by atoms with van der Waals surface area (Å²) in [6, 6.07) is 17.7. The number of hydrogen-bond donors (Lipinski definition) is 0. The van der Waals surface area contributed by atoms with E-state index in [2.05, 4.69) is 0 Å². The van der Waals surface area contributed by atoms with Gasteiger partial charge in [-0.2, -0.15) is 17.6 Å². The molecule has 172 valence electrons. The number of halogens is 4. The molecular formula is C22H19F4O5S-. The van der Waals surface area contributed by atoms with Crippen LogP contribution in [0.25, 0.3) is 0 Å². The van der Waals surface area contributed by atoms with Crippen molar-refractivity contribution in [1.29, 1.82) is 0 Å². The van der Waals surface area contributed by atoms with E-state index < -0.39 is 57.0 Å². The molecule has 3 aliphatic rings. The highest BCUT2D eigenvalue weighted by molar-refractivity contribution is 7.86. The van der Waals surface area contributed by atoms with Gasteiger partial charge < -0.3 is 14.0 Å². The van der Waals surface area contributed by atoms with Crippen LogP contribution in [0.4, 0.5) is 17.6 Å². The maximum absolute atomic E-state index is 14.7. The smallest absolute Gasteiger partial charge is 0.396 e. The number of fused-ring (bicyclic) bond motifs is 5. The van der Waals surface area contributed by atoms with Crippen LogP contribution in [0.5, 0.6) is 0 Å². The summed E-state index contributed by atoms with van der Waals surface area (Å²) < 4.78 is 103. The van der Waals surface area contributed by atoms with E-state index >= 15 is 0 Å². The van der Waals surface area contributed by atoms with Gasteiger partial charge in [0.15, 0.2) is 10.1 Å². The van der Waals surface area contributed by atoms with Crippen molar-refractivity contribution in [2.45, 2.75) is 42.0 Å². The lowest BCUT2D eigenvalue weighted by Gasteiger charge is -2.38. The Morgan fingerprint density at radius 1 is 0.844 bits per heavy atom. The van der Waals surface area contributed by atoms with Gasteiger partial charge in [-0.05, 0) is 24.7 Å². The molecule has 1 heterocycles. The van der Waals surface area contributed by atoms with Crippen molar-refractivity contribution in [2.75, 3.05) is 0 Å². The summed E-state index contributed by atoms with van der Waals surface area (Å²) in [7, 11) is -6.55. The number of rotatable bonds is 5. The lowest BCUT2D eigenvalue weighted by molar-refractivity contribution is -0.213. The van der Waals surface area contributed by atoms with Crippen molar-refractivity contribution in [3.8, 4) is 0 Å². The Bertz CT molecular complexity index is 1070. The first-order chi connectivity index (χ1) is 15.0. The first-order valence-corrected chi connectivity index (χ1v) is 11.6. The lowest BCUT2D eigenvalue weighted by Crippen LogP contribution is -2.55. The molecule has 32 heavy (non-hydrogen) atoms. The van der Waals surface area contributed by atoms with E-state index in [9.17, 15) is 30.5 Å². The molecule has 0 spiro atoms. The third kappa shape index (κ3) is 2.89.